The van der Waals surface area contributed by atoms with E-state index in [0.717, 1.165) is 28.5 Å². The van der Waals surface area contributed by atoms with E-state index < -0.39 is 0 Å². The molecule has 0 aliphatic rings. The molecule has 1 amide bonds. The lowest BCUT2D eigenvalue weighted by atomic mass is 10.1. The van der Waals surface area contributed by atoms with Crippen LogP contribution in [0.25, 0.3) is 16.3 Å². The van der Waals surface area contributed by atoms with E-state index in [2.05, 4.69) is 34.5 Å². The maximum Gasteiger partial charge on any atom is 0.251 e. The number of thiazole rings is 1. The van der Waals surface area contributed by atoms with Gasteiger partial charge in [-0.05, 0) is 26.0 Å². The highest BCUT2D eigenvalue weighted by atomic mass is 32.1. The molecule has 0 saturated heterocycles. The highest BCUT2D eigenvalue weighted by Gasteiger charge is 2.14. The number of hydrogen-bond acceptors (Lipinski definition) is 4. The zero-order valence-corrected chi connectivity index (χ0v) is 16.1. The van der Waals surface area contributed by atoms with Crippen LogP contribution in [0, 0.1) is 13.8 Å². The summed E-state index contributed by atoms with van der Waals surface area (Å²) in [4.78, 5) is 18.9. The van der Waals surface area contributed by atoms with Crippen molar-refractivity contribution in [1.29, 1.82) is 0 Å². The molecule has 0 unspecified atom stereocenters. The number of rotatable bonds is 5. The third-order valence-corrected chi connectivity index (χ3v) is 5.69. The molecule has 4 aromatic rings. The summed E-state index contributed by atoms with van der Waals surface area (Å²) >= 11 is 1.63. The molecule has 0 radical (unpaired) electrons. The van der Waals surface area contributed by atoms with Gasteiger partial charge in [-0.25, -0.2) is 4.52 Å². The van der Waals surface area contributed by atoms with Crippen molar-refractivity contribution in [2.24, 2.45) is 0 Å². The zero-order chi connectivity index (χ0) is 18.8. The van der Waals surface area contributed by atoms with Crippen LogP contribution in [0.3, 0.4) is 0 Å². The Balaban J connectivity index is 1.45. The average Bonchev–Trinajstić information content (AvgIpc) is 3.23. The zero-order valence-electron chi connectivity index (χ0n) is 15.3. The van der Waals surface area contributed by atoms with Gasteiger partial charge in [-0.1, -0.05) is 59.4 Å². The first-order chi connectivity index (χ1) is 13.1. The molecule has 136 valence electrons. The maximum absolute atomic E-state index is 12.1. The second kappa shape index (κ2) is 7.32. The van der Waals surface area contributed by atoms with Crippen LogP contribution >= 0.6 is 11.3 Å². The third kappa shape index (κ3) is 3.61. The highest BCUT2D eigenvalue weighted by molar-refractivity contribution is 7.17. The van der Waals surface area contributed by atoms with Crippen LogP contribution in [0.1, 0.15) is 26.5 Å². The van der Waals surface area contributed by atoms with E-state index in [0.29, 0.717) is 12.1 Å². The number of aryl methyl sites for hydroxylation is 2. The Bertz CT molecular complexity index is 1080. The van der Waals surface area contributed by atoms with E-state index >= 15 is 0 Å². The van der Waals surface area contributed by atoms with Crippen LogP contribution in [-0.2, 0) is 6.42 Å². The molecule has 0 aliphatic heterocycles. The molecule has 0 spiro atoms. The fraction of sp³-hybridized carbons (Fsp3) is 0.190. The van der Waals surface area contributed by atoms with Crippen LogP contribution in [0.5, 0.6) is 0 Å². The molecular weight excluding hydrogens is 356 g/mol. The van der Waals surface area contributed by atoms with Crippen molar-refractivity contribution >= 4 is 22.2 Å². The molecule has 6 heteroatoms. The normalized spacial score (nSPS) is 11.0. The minimum absolute atomic E-state index is 0.0469. The first-order valence-electron chi connectivity index (χ1n) is 8.87. The van der Waals surface area contributed by atoms with Gasteiger partial charge >= 0.3 is 0 Å². The molecule has 4 rings (SSSR count). The maximum atomic E-state index is 12.1. The van der Waals surface area contributed by atoms with E-state index in [9.17, 15) is 4.79 Å². The largest absolute Gasteiger partial charge is 0.352 e. The van der Waals surface area contributed by atoms with Crippen molar-refractivity contribution in [2.45, 2.75) is 20.3 Å². The standard InChI is InChI=1S/C21H20N4OS/c1-14-8-10-16(11-9-14)19-23-21-25(24-19)15(2)18(27-21)12-13-22-20(26)17-6-4-3-5-7-17/h3-11H,12-13H2,1-2H3,(H,22,26). The highest BCUT2D eigenvalue weighted by Crippen LogP contribution is 2.25. The Hall–Kier alpha value is -2.99. The van der Waals surface area contributed by atoms with Crippen LogP contribution < -0.4 is 5.32 Å². The van der Waals surface area contributed by atoms with Crippen LogP contribution in [0.15, 0.2) is 54.6 Å². The summed E-state index contributed by atoms with van der Waals surface area (Å²) in [5.41, 5.74) is 4.00. The molecule has 0 aliphatic carbocycles. The molecule has 2 aromatic carbocycles. The van der Waals surface area contributed by atoms with Crippen LogP contribution in [-0.4, -0.2) is 27.0 Å². The quantitative estimate of drug-likeness (QED) is 0.572. The number of nitrogens with zero attached hydrogens (tertiary/aromatic N) is 3. The molecule has 2 heterocycles. The molecule has 2 aromatic heterocycles. The minimum Gasteiger partial charge on any atom is -0.352 e. The Morgan fingerprint density at radius 2 is 1.81 bits per heavy atom. The summed E-state index contributed by atoms with van der Waals surface area (Å²) < 4.78 is 1.90. The smallest absolute Gasteiger partial charge is 0.251 e. The van der Waals surface area contributed by atoms with Crippen LogP contribution in [0.4, 0.5) is 0 Å². The van der Waals surface area contributed by atoms with E-state index in [-0.39, 0.29) is 5.91 Å². The molecule has 0 bridgehead atoms. The fourth-order valence-electron chi connectivity index (χ4n) is 2.92. The van der Waals surface area contributed by atoms with Gasteiger partial charge in [0, 0.05) is 29.0 Å². The number of fused-ring (bicyclic) bond motifs is 1. The van der Waals surface area contributed by atoms with E-state index in [1.165, 1.54) is 10.4 Å². The molecule has 0 fully saturated rings. The van der Waals surface area contributed by atoms with Crippen LogP contribution in [0.2, 0.25) is 0 Å². The monoisotopic (exact) mass is 376 g/mol. The molecule has 0 saturated carbocycles. The van der Waals surface area contributed by atoms with Crippen molar-refractivity contribution < 1.29 is 4.79 Å². The predicted molar refractivity (Wildman–Crippen MR) is 108 cm³/mol. The molecule has 0 atom stereocenters. The first kappa shape index (κ1) is 17.4. The number of benzene rings is 2. The van der Waals surface area contributed by atoms with Gasteiger partial charge < -0.3 is 5.32 Å². The minimum atomic E-state index is -0.0469. The van der Waals surface area contributed by atoms with Crippen molar-refractivity contribution in [3.8, 4) is 11.4 Å². The van der Waals surface area contributed by atoms with Gasteiger partial charge in [0.1, 0.15) is 0 Å². The first-order valence-corrected chi connectivity index (χ1v) is 9.69. The van der Waals surface area contributed by atoms with Crippen molar-refractivity contribution in [3.63, 3.8) is 0 Å². The molecular formula is C21H20N4OS. The van der Waals surface area contributed by atoms with Crippen molar-refractivity contribution in [2.75, 3.05) is 6.54 Å². The number of nitrogens with one attached hydrogen (secondary N) is 1. The average molecular weight is 376 g/mol. The summed E-state index contributed by atoms with van der Waals surface area (Å²) in [6.07, 6.45) is 0.764. The van der Waals surface area contributed by atoms with E-state index in [1.807, 2.05) is 53.9 Å². The lowest BCUT2D eigenvalue weighted by Gasteiger charge is -2.04. The summed E-state index contributed by atoms with van der Waals surface area (Å²) in [5.74, 6) is 0.697. The SMILES string of the molecule is Cc1ccc(-c2nc3sc(CCNC(=O)c4ccccc4)c(C)n3n2)cc1. The van der Waals surface area contributed by atoms with Gasteiger partial charge in [-0.15, -0.1) is 5.10 Å². The third-order valence-electron chi connectivity index (χ3n) is 4.50. The lowest BCUT2D eigenvalue weighted by Crippen LogP contribution is -2.25. The molecule has 27 heavy (non-hydrogen) atoms. The van der Waals surface area contributed by atoms with Gasteiger partial charge in [0.2, 0.25) is 4.96 Å². The summed E-state index contributed by atoms with van der Waals surface area (Å²) in [6, 6.07) is 17.5. The van der Waals surface area contributed by atoms with Gasteiger partial charge in [0.25, 0.3) is 5.91 Å². The van der Waals surface area contributed by atoms with Gasteiger partial charge in [-0.3, -0.25) is 4.79 Å². The lowest BCUT2D eigenvalue weighted by molar-refractivity contribution is 0.0954. The number of aromatic nitrogens is 3. The Kier molecular flexibility index (Phi) is 4.73. The van der Waals surface area contributed by atoms with Crippen molar-refractivity contribution in [3.05, 3.63) is 76.3 Å². The van der Waals surface area contributed by atoms with Gasteiger partial charge in [-0.2, -0.15) is 4.98 Å². The predicted octanol–water partition coefficient (Wildman–Crippen LogP) is 4.05. The summed E-state index contributed by atoms with van der Waals surface area (Å²) in [6.45, 7) is 4.70. The number of carbonyl (C=O) groups is 1. The number of amides is 1. The number of hydrogen-bond donors (Lipinski definition) is 1. The van der Waals surface area contributed by atoms with Crippen molar-refractivity contribution in [1.82, 2.24) is 19.9 Å². The summed E-state index contributed by atoms with van der Waals surface area (Å²) in [5, 5.41) is 7.62. The Morgan fingerprint density at radius 3 is 2.52 bits per heavy atom. The topological polar surface area (TPSA) is 59.3 Å². The fourth-order valence-corrected chi connectivity index (χ4v) is 3.98. The second-order valence-corrected chi connectivity index (χ2v) is 7.54. The molecule has 5 nitrogen and oxygen atoms in total. The summed E-state index contributed by atoms with van der Waals surface area (Å²) in [7, 11) is 0. The van der Waals surface area contributed by atoms with Gasteiger partial charge in [0.05, 0.1) is 5.69 Å². The van der Waals surface area contributed by atoms with Gasteiger partial charge in [0.15, 0.2) is 5.82 Å². The Morgan fingerprint density at radius 1 is 1.07 bits per heavy atom. The second-order valence-electron chi connectivity index (χ2n) is 6.48. The molecule has 1 N–H and O–H groups in total. The Labute approximate surface area is 161 Å². The number of carbonyl (C=O) groups excluding carboxylic acids is 1. The van der Waals surface area contributed by atoms with E-state index in [4.69, 9.17) is 0 Å². The van der Waals surface area contributed by atoms with E-state index in [1.54, 1.807) is 11.3 Å².